The third-order valence-corrected chi connectivity index (χ3v) is 3.36. The van der Waals surface area contributed by atoms with Gasteiger partial charge >= 0.3 is 29.0 Å². The summed E-state index contributed by atoms with van der Waals surface area (Å²) in [5.41, 5.74) is 1.12. The summed E-state index contributed by atoms with van der Waals surface area (Å²) >= 11 is 0. The molecule has 136 valence electrons. The fraction of sp³-hybridized carbons (Fsp3) is 0.200. The monoisotopic (exact) mass is 395 g/mol. The van der Waals surface area contributed by atoms with Gasteiger partial charge in [0.15, 0.2) is 0 Å². The van der Waals surface area contributed by atoms with Crippen molar-refractivity contribution in [1.82, 2.24) is 4.98 Å². The Bertz CT molecular complexity index is 517. The fourth-order valence-electron chi connectivity index (χ4n) is 2.32. The largest absolute Gasteiger partial charge is 2.00 e. The number of rotatable bonds is 5. The van der Waals surface area contributed by atoms with Gasteiger partial charge in [0.25, 0.3) is 0 Å². The standard InChI is InChI=1S/C15H16NO4.C5H5.Fe/c1-3-19-14(17)11-9-16-13(15(18)20-4-2)12(11)10-7-5-6-8-10;1-2-4-5-3-1;/h5-9,16H,3-4H2,1-2H3;1-5H;/q;;+2. The van der Waals surface area contributed by atoms with Crippen molar-refractivity contribution in [2.24, 2.45) is 0 Å². The van der Waals surface area contributed by atoms with Crippen LogP contribution < -0.4 is 0 Å². The molecule has 2 saturated carbocycles. The summed E-state index contributed by atoms with van der Waals surface area (Å²) in [5, 5.41) is 0. The number of hydrogen-bond donors (Lipinski definition) is 1. The van der Waals surface area contributed by atoms with Gasteiger partial charge in [-0.05, 0) is 71.6 Å². The number of esters is 2. The van der Waals surface area contributed by atoms with Gasteiger partial charge in [-0.1, -0.05) is 0 Å². The predicted octanol–water partition coefficient (Wildman–Crippen LogP) is 3.14. The molecule has 0 unspecified atom stereocenters. The minimum absolute atomic E-state index is 0. The van der Waals surface area contributed by atoms with E-state index in [4.69, 9.17) is 9.47 Å². The molecule has 1 heterocycles. The smallest absolute Gasteiger partial charge is 0.462 e. The molecule has 26 heavy (non-hydrogen) atoms. The molecule has 0 atom stereocenters. The van der Waals surface area contributed by atoms with Crippen LogP contribution in [-0.2, 0) is 26.5 Å². The molecule has 0 saturated heterocycles. The van der Waals surface area contributed by atoms with Crippen LogP contribution >= 0.6 is 0 Å². The van der Waals surface area contributed by atoms with E-state index in [0.29, 0.717) is 11.1 Å². The van der Waals surface area contributed by atoms with Crippen molar-refractivity contribution in [3.8, 4) is 0 Å². The Kier molecular flexibility index (Phi) is 10.7. The quantitative estimate of drug-likeness (QED) is 0.615. The van der Waals surface area contributed by atoms with E-state index >= 15 is 0 Å². The molecule has 6 heteroatoms. The van der Waals surface area contributed by atoms with Crippen LogP contribution in [0.25, 0.3) is 0 Å². The first kappa shape index (κ1) is 22.8. The molecule has 2 aliphatic rings. The Morgan fingerprint density at radius 1 is 0.846 bits per heavy atom. The molecule has 5 nitrogen and oxygen atoms in total. The van der Waals surface area contributed by atoms with E-state index in [1.165, 1.54) is 6.20 Å². The number of ether oxygens (including phenoxy) is 2. The Morgan fingerprint density at radius 2 is 1.35 bits per heavy atom. The number of H-pyrrole nitrogens is 1. The zero-order valence-electron chi connectivity index (χ0n) is 14.7. The molecule has 1 aromatic rings. The molecule has 1 aromatic heterocycles. The minimum atomic E-state index is -0.487. The molecule has 0 spiro atoms. The van der Waals surface area contributed by atoms with E-state index in [1.54, 1.807) is 13.8 Å². The molecule has 2 fully saturated rings. The topological polar surface area (TPSA) is 68.4 Å². The summed E-state index contributed by atoms with van der Waals surface area (Å²) in [6.07, 6.45) is 18.8. The zero-order valence-corrected chi connectivity index (χ0v) is 15.8. The number of aromatic amines is 1. The normalized spacial score (nSPS) is 16.4. The van der Waals surface area contributed by atoms with Crippen LogP contribution in [0.3, 0.4) is 0 Å². The number of carbonyl (C=O) groups is 2. The summed E-state index contributed by atoms with van der Waals surface area (Å²) in [7, 11) is 0. The number of carbonyl (C=O) groups excluding carboxylic acids is 2. The van der Waals surface area contributed by atoms with E-state index in [0.717, 1.165) is 5.92 Å². The van der Waals surface area contributed by atoms with Gasteiger partial charge in [-0.25, -0.2) is 9.59 Å². The van der Waals surface area contributed by atoms with Crippen LogP contribution in [0, 0.1) is 63.7 Å². The summed E-state index contributed by atoms with van der Waals surface area (Å²) in [6.45, 7) is 4.01. The van der Waals surface area contributed by atoms with Crippen molar-refractivity contribution < 1.29 is 36.1 Å². The Balaban J connectivity index is 0.000000486. The summed E-state index contributed by atoms with van der Waals surface area (Å²) in [4.78, 5) is 26.7. The second kappa shape index (κ2) is 12.2. The molecule has 2 aliphatic carbocycles. The maximum absolute atomic E-state index is 12.0. The fourth-order valence-corrected chi connectivity index (χ4v) is 2.32. The number of hydrogen-bond acceptors (Lipinski definition) is 4. The van der Waals surface area contributed by atoms with Crippen molar-refractivity contribution in [2.75, 3.05) is 13.2 Å². The van der Waals surface area contributed by atoms with Crippen LogP contribution in [-0.4, -0.2) is 30.1 Å². The van der Waals surface area contributed by atoms with Gasteiger partial charge in [-0.2, -0.15) is 0 Å². The molecule has 1 N–H and O–H groups in total. The molecule has 3 rings (SSSR count). The second-order valence-electron chi connectivity index (χ2n) is 5.03. The van der Waals surface area contributed by atoms with Crippen molar-refractivity contribution >= 4 is 11.9 Å². The van der Waals surface area contributed by atoms with Crippen molar-refractivity contribution in [1.29, 1.82) is 0 Å². The van der Waals surface area contributed by atoms with E-state index in [2.05, 4.69) is 4.98 Å². The molecule has 0 amide bonds. The molecular formula is C20H21FeNO4+2. The Morgan fingerprint density at radius 3 is 1.85 bits per heavy atom. The van der Waals surface area contributed by atoms with Gasteiger partial charge in [0, 0.05) is 17.7 Å². The number of aromatic nitrogens is 1. The Hall–Kier alpha value is -1.26. The Labute approximate surface area is 167 Å². The second-order valence-corrected chi connectivity index (χ2v) is 5.03. The van der Waals surface area contributed by atoms with Gasteiger partial charge in [0.2, 0.25) is 0 Å². The zero-order chi connectivity index (χ0) is 18.1. The molecule has 0 bridgehead atoms. The molecular weight excluding hydrogens is 374 g/mol. The molecule has 10 radical (unpaired) electrons. The predicted molar refractivity (Wildman–Crippen MR) is 93.8 cm³/mol. The van der Waals surface area contributed by atoms with Crippen molar-refractivity contribution in [2.45, 2.75) is 13.8 Å². The van der Waals surface area contributed by atoms with Gasteiger partial charge in [-0.3, -0.25) is 0 Å². The van der Waals surface area contributed by atoms with E-state index in [9.17, 15) is 9.59 Å². The maximum atomic E-state index is 12.0. The summed E-state index contributed by atoms with van der Waals surface area (Å²) in [5.74, 6) is -0.174. The molecule has 0 aliphatic heterocycles. The first-order chi connectivity index (χ1) is 12.2. The SMILES string of the molecule is CCOC(=O)c1c[nH]c(C(=O)OCC)c1[C]1[CH][CH][CH][CH]1.[CH]1[CH][CH][CH][CH]1.[Fe+2]. The van der Waals surface area contributed by atoms with Crippen LogP contribution in [0.1, 0.15) is 40.3 Å². The summed E-state index contributed by atoms with van der Waals surface area (Å²) in [6, 6.07) is 0. The van der Waals surface area contributed by atoms with Crippen LogP contribution in [0.15, 0.2) is 6.20 Å². The first-order valence-electron chi connectivity index (χ1n) is 8.13. The third kappa shape index (κ3) is 6.17. The third-order valence-electron chi connectivity index (χ3n) is 3.36. The molecule has 0 aromatic carbocycles. The van der Waals surface area contributed by atoms with Gasteiger partial charge < -0.3 is 14.5 Å². The average Bonchev–Trinajstić information content (AvgIpc) is 3.36. The van der Waals surface area contributed by atoms with Crippen LogP contribution in [0.4, 0.5) is 0 Å². The summed E-state index contributed by atoms with van der Waals surface area (Å²) < 4.78 is 10.0. The van der Waals surface area contributed by atoms with Gasteiger partial charge in [-0.15, -0.1) is 0 Å². The van der Waals surface area contributed by atoms with E-state index < -0.39 is 11.9 Å². The van der Waals surface area contributed by atoms with Gasteiger partial charge in [0.05, 0.1) is 18.8 Å². The van der Waals surface area contributed by atoms with Gasteiger partial charge in [0.1, 0.15) is 5.69 Å². The number of nitrogens with one attached hydrogen (secondary N) is 1. The van der Waals surface area contributed by atoms with E-state index in [-0.39, 0.29) is 36.0 Å². The van der Waals surface area contributed by atoms with Crippen LogP contribution in [0.2, 0.25) is 0 Å². The van der Waals surface area contributed by atoms with Crippen LogP contribution in [0.5, 0.6) is 0 Å². The minimum Gasteiger partial charge on any atom is -0.462 e. The average molecular weight is 395 g/mol. The van der Waals surface area contributed by atoms with Crippen molar-refractivity contribution in [3.63, 3.8) is 0 Å². The first-order valence-corrected chi connectivity index (χ1v) is 8.13. The van der Waals surface area contributed by atoms with E-state index in [1.807, 2.05) is 57.8 Å². The maximum Gasteiger partial charge on any atom is 2.00 e. The van der Waals surface area contributed by atoms with Crippen molar-refractivity contribution in [3.05, 3.63) is 86.7 Å².